The molecular weight excluding hydrogens is 332 g/mol. The molecule has 1 aliphatic heterocycles. The number of likely N-dealkylation sites (N-methyl/N-ethyl adjacent to an activating group) is 1. The van der Waals surface area contributed by atoms with Gasteiger partial charge in [-0.15, -0.1) is 0 Å². The first-order valence-corrected chi connectivity index (χ1v) is 8.99. The zero-order valence-electron chi connectivity index (χ0n) is 16.4. The Balaban J connectivity index is 1.97. The van der Waals surface area contributed by atoms with Crippen LogP contribution in [0.3, 0.4) is 0 Å². The zero-order valence-corrected chi connectivity index (χ0v) is 16.4. The molecular formula is C20H30N2O4. The molecule has 0 radical (unpaired) electrons. The van der Waals surface area contributed by atoms with Crippen LogP contribution in [0.4, 0.5) is 0 Å². The molecule has 1 heterocycles. The van der Waals surface area contributed by atoms with Gasteiger partial charge in [0.25, 0.3) is 5.91 Å². The summed E-state index contributed by atoms with van der Waals surface area (Å²) in [4.78, 5) is 25.8. The average Bonchev–Trinajstić information content (AvgIpc) is 2.60. The summed E-state index contributed by atoms with van der Waals surface area (Å²) in [5.74, 6) is -0.257. The summed E-state index contributed by atoms with van der Waals surface area (Å²) in [6, 6.07) is 7.37. The molecule has 2 amide bonds. The second-order valence-electron chi connectivity index (χ2n) is 7.91. The Morgan fingerprint density at radius 1 is 1.23 bits per heavy atom. The number of carbonyl (C=O) groups excluding carboxylic acids is 2. The van der Waals surface area contributed by atoms with Gasteiger partial charge in [0.05, 0.1) is 18.8 Å². The lowest BCUT2D eigenvalue weighted by Gasteiger charge is -2.32. The van der Waals surface area contributed by atoms with E-state index < -0.39 is 0 Å². The van der Waals surface area contributed by atoms with Crippen LogP contribution in [-0.2, 0) is 19.7 Å². The standard InChI is InChI=1S/C20H30N2O4/c1-20(2,3)15-8-6-14(7-9-15)19(24)21-16-12-25-11-10-17(16)26-13-18(23)22(4)5/h6-9,16-17H,10-13H2,1-5H3,(H,21,24)/t16-,17+/m0/s1. The fourth-order valence-electron chi connectivity index (χ4n) is 2.73. The van der Waals surface area contributed by atoms with E-state index in [9.17, 15) is 9.59 Å². The first-order chi connectivity index (χ1) is 12.2. The van der Waals surface area contributed by atoms with E-state index >= 15 is 0 Å². The Morgan fingerprint density at radius 2 is 1.88 bits per heavy atom. The van der Waals surface area contributed by atoms with Gasteiger partial charge in [-0.3, -0.25) is 9.59 Å². The average molecular weight is 362 g/mol. The second-order valence-corrected chi connectivity index (χ2v) is 7.91. The van der Waals surface area contributed by atoms with Gasteiger partial charge in [-0.25, -0.2) is 0 Å². The maximum atomic E-state index is 12.6. The molecule has 0 bridgehead atoms. The SMILES string of the molecule is CN(C)C(=O)CO[C@@H]1CCOC[C@@H]1NC(=O)c1ccc(C(C)(C)C)cc1. The molecule has 0 saturated carbocycles. The monoisotopic (exact) mass is 362 g/mol. The summed E-state index contributed by atoms with van der Waals surface area (Å²) in [6.07, 6.45) is 0.416. The molecule has 1 aliphatic rings. The molecule has 1 saturated heterocycles. The molecule has 6 heteroatoms. The van der Waals surface area contributed by atoms with Crippen molar-refractivity contribution in [3.05, 3.63) is 35.4 Å². The maximum absolute atomic E-state index is 12.6. The van der Waals surface area contributed by atoms with Crippen molar-refractivity contribution in [3.8, 4) is 0 Å². The predicted molar refractivity (Wildman–Crippen MR) is 100 cm³/mol. The van der Waals surface area contributed by atoms with Crippen molar-refractivity contribution in [2.45, 2.75) is 44.8 Å². The third-order valence-corrected chi connectivity index (χ3v) is 4.54. The molecule has 2 atom stereocenters. The summed E-state index contributed by atoms with van der Waals surface area (Å²) in [5.41, 5.74) is 1.83. The van der Waals surface area contributed by atoms with Crippen LogP contribution in [0.2, 0.25) is 0 Å². The first-order valence-electron chi connectivity index (χ1n) is 8.99. The highest BCUT2D eigenvalue weighted by molar-refractivity contribution is 5.94. The molecule has 6 nitrogen and oxygen atoms in total. The van der Waals surface area contributed by atoms with E-state index in [1.54, 1.807) is 14.1 Å². The third-order valence-electron chi connectivity index (χ3n) is 4.54. The number of nitrogens with one attached hydrogen (secondary N) is 1. The minimum Gasteiger partial charge on any atom is -0.379 e. The lowest BCUT2D eigenvalue weighted by molar-refractivity contribution is -0.138. The summed E-state index contributed by atoms with van der Waals surface area (Å²) < 4.78 is 11.2. The Kier molecular flexibility index (Phi) is 6.78. The van der Waals surface area contributed by atoms with E-state index in [-0.39, 0.29) is 36.0 Å². The van der Waals surface area contributed by atoms with E-state index in [1.165, 1.54) is 10.5 Å². The predicted octanol–water partition coefficient (Wildman–Crippen LogP) is 1.98. The van der Waals surface area contributed by atoms with Gasteiger partial charge >= 0.3 is 0 Å². The van der Waals surface area contributed by atoms with Gasteiger partial charge in [-0.05, 0) is 29.5 Å². The third kappa shape index (κ3) is 5.54. The number of hydrogen-bond donors (Lipinski definition) is 1. The van der Waals surface area contributed by atoms with E-state index in [1.807, 2.05) is 24.3 Å². The molecule has 26 heavy (non-hydrogen) atoms. The van der Waals surface area contributed by atoms with Crippen LogP contribution < -0.4 is 5.32 Å². The number of carbonyl (C=O) groups is 2. The number of nitrogens with zero attached hydrogens (tertiary/aromatic N) is 1. The number of amides is 2. The van der Waals surface area contributed by atoms with Crippen molar-refractivity contribution < 1.29 is 19.1 Å². The van der Waals surface area contributed by atoms with Gasteiger partial charge in [0.1, 0.15) is 6.61 Å². The van der Waals surface area contributed by atoms with Crippen molar-refractivity contribution in [1.82, 2.24) is 10.2 Å². The number of benzene rings is 1. The van der Waals surface area contributed by atoms with E-state index in [4.69, 9.17) is 9.47 Å². The number of rotatable bonds is 5. The fraction of sp³-hybridized carbons (Fsp3) is 0.600. The first kappa shape index (κ1) is 20.4. The summed E-state index contributed by atoms with van der Waals surface area (Å²) in [6.45, 7) is 7.36. The van der Waals surface area contributed by atoms with Gasteiger partial charge in [-0.2, -0.15) is 0 Å². The van der Waals surface area contributed by atoms with Crippen LogP contribution >= 0.6 is 0 Å². The minimum atomic E-state index is -0.270. The van der Waals surface area contributed by atoms with Gasteiger partial charge in [0.2, 0.25) is 5.91 Å². The number of hydrogen-bond acceptors (Lipinski definition) is 4. The normalized spacial score (nSPS) is 20.5. The molecule has 0 aliphatic carbocycles. The van der Waals surface area contributed by atoms with Crippen molar-refractivity contribution in [2.24, 2.45) is 0 Å². The van der Waals surface area contributed by atoms with Gasteiger partial charge in [0.15, 0.2) is 0 Å². The molecule has 1 aromatic rings. The zero-order chi connectivity index (χ0) is 19.3. The highest BCUT2D eigenvalue weighted by atomic mass is 16.5. The van der Waals surface area contributed by atoms with Gasteiger partial charge in [-0.1, -0.05) is 32.9 Å². The molecule has 0 unspecified atom stereocenters. The lowest BCUT2D eigenvalue weighted by atomic mass is 9.86. The smallest absolute Gasteiger partial charge is 0.251 e. The van der Waals surface area contributed by atoms with Crippen LogP contribution in [0.5, 0.6) is 0 Å². The Bertz CT molecular complexity index is 620. The molecule has 0 aromatic heterocycles. The summed E-state index contributed by atoms with van der Waals surface area (Å²) in [5, 5.41) is 2.98. The molecule has 144 valence electrons. The van der Waals surface area contributed by atoms with E-state index in [0.29, 0.717) is 25.2 Å². The van der Waals surface area contributed by atoms with Crippen LogP contribution in [0, 0.1) is 0 Å². The fourth-order valence-corrected chi connectivity index (χ4v) is 2.73. The molecule has 1 N–H and O–H groups in total. The molecule has 0 spiro atoms. The van der Waals surface area contributed by atoms with Crippen molar-refractivity contribution >= 4 is 11.8 Å². The van der Waals surface area contributed by atoms with E-state index in [2.05, 4.69) is 26.1 Å². The summed E-state index contributed by atoms with van der Waals surface area (Å²) >= 11 is 0. The highest BCUT2D eigenvalue weighted by Gasteiger charge is 2.29. The van der Waals surface area contributed by atoms with Crippen molar-refractivity contribution in [1.29, 1.82) is 0 Å². The lowest BCUT2D eigenvalue weighted by Crippen LogP contribution is -2.51. The quantitative estimate of drug-likeness (QED) is 0.870. The van der Waals surface area contributed by atoms with Crippen LogP contribution in [0.15, 0.2) is 24.3 Å². The van der Waals surface area contributed by atoms with E-state index in [0.717, 1.165) is 0 Å². The maximum Gasteiger partial charge on any atom is 0.251 e. The minimum absolute atomic E-state index is 0.00428. The van der Waals surface area contributed by atoms with Crippen molar-refractivity contribution in [2.75, 3.05) is 33.9 Å². The second kappa shape index (κ2) is 8.64. The molecule has 1 fully saturated rings. The van der Waals surface area contributed by atoms with Crippen LogP contribution in [0.1, 0.15) is 43.1 Å². The van der Waals surface area contributed by atoms with Crippen molar-refractivity contribution in [3.63, 3.8) is 0 Å². The Hall–Kier alpha value is -1.92. The summed E-state index contributed by atoms with van der Waals surface area (Å²) in [7, 11) is 3.38. The number of ether oxygens (including phenoxy) is 2. The molecule has 2 rings (SSSR count). The Labute approximate surface area is 155 Å². The highest BCUT2D eigenvalue weighted by Crippen LogP contribution is 2.22. The largest absolute Gasteiger partial charge is 0.379 e. The van der Waals surface area contributed by atoms with Crippen LogP contribution in [-0.4, -0.2) is 62.8 Å². The van der Waals surface area contributed by atoms with Gasteiger partial charge < -0.3 is 19.7 Å². The van der Waals surface area contributed by atoms with Gasteiger partial charge in [0, 0.05) is 26.3 Å². The molecule has 1 aromatic carbocycles. The topological polar surface area (TPSA) is 67.9 Å². The van der Waals surface area contributed by atoms with Crippen LogP contribution in [0.25, 0.3) is 0 Å². The Morgan fingerprint density at radius 3 is 2.46 bits per heavy atom.